The number of amides is 1. The van der Waals surface area contributed by atoms with Gasteiger partial charge in [0.15, 0.2) is 0 Å². The van der Waals surface area contributed by atoms with E-state index >= 15 is 0 Å². The first kappa shape index (κ1) is 28.2. The van der Waals surface area contributed by atoms with Gasteiger partial charge in [-0.1, -0.05) is 25.1 Å². The number of aliphatic hydroxyl groups excluding tert-OH is 1. The second-order valence-corrected chi connectivity index (χ2v) is 11.6. The Labute approximate surface area is 227 Å². The fourth-order valence-electron chi connectivity index (χ4n) is 4.56. The van der Waals surface area contributed by atoms with Crippen LogP contribution in [0.2, 0.25) is 0 Å². The van der Waals surface area contributed by atoms with Gasteiger partial charge in [-0.05, 0) is 66.6 Å². The van der Waals surface area contributed by atoms with Crippen molar-refractivity contribution in [2.24, 2.45) is 5.92 Å². The minimum absolute atomic E-state index is 0.0487. The molecule has 1 amide bonds. The molecule has 0 saturated heterocycles. The molecule has 1 N–H and O–H groups in total. The number of likely N-dealkylation sites (N-methyl/N-ethyl adjacent to an activating group) is 1. The van der Waals surface area contributed by atoms with Crippen LogP contribution in [-0.4, -0.2) is 67.5 Å². The second-order valence-electron chi connectivity index (χ2n) is 9.79. The summed E-state index contributed by atoms with van der Waals surface area (Å²) in [6.45, 7) is 3.30. The number of halogens is 1. The molecule has 3 aromatic rings. The van der Waals surface area contributed by atoms with Crippen molar-refractivity contribution in [1.29, 1.82) is 5.26 Å². The van der Waals surface area contributed by atoms with Gasteiger partial charge in [-0.3, -0.25) is 4.79 Å². The molecule has 0 radical (unpaired) electrons. The van der Waals surface area contributed by atoms with Crippen LogP contribution in [0.15, 0.2) is 71.6 Å². The average Bonchev–Trinajstić information content (AvgIpc) is 2.94. The van der Waals surface area contributed by atoms with Crippen LogP contribution in [-0.2, 0) is 10.0 Å². The number of fused-ring (bicyclic) bond motifs is 1. The normalized spacial score (nSPS) is 19.5. The maximum absolute atomic E-state index is 13.7. The lowest BCUT2D eigenvalue weighted by Crippen LogP contribution is -2.50. The molecule has 39 heavy (non-hydrogen) atoms. The van der Waals surface area contributed by atoms with E-state index in [9.17, 15) is 28.0 Å². The van der Waals surface area contributed by atoms with Crippen molar-refractivity contribution in [3.63, 3.8) is 0 Å². The van der Waals surface area contributed by atoms with Gasteiger partial charge in [-0.25, -0.2) is 12.8 Å². The lowest BCUT2D eigenvalue weighted by Gasteiger charge is -2.37. The van der Waals surface area contributed by atoms with E-state index in [0.717, 1.165) is 0 Å². The SMILES string of the molecule is C[C@H]1CN([C@@H](C)CO)S(=O)(=O)c2ccc(-c3cccc(C#N)c3)cc2O[C@@H]1CN(C)C(=O)c1ccc(F)cc1. The standard InChI is InChI=1S/C29H30FN3O5S/c1-19-16-33(20(2)18-34)39(36,37)28-12-9-24(23-6-4-5-21(13-23)15-31)14-26(28)38-27(19)17-32(3)29(35)22-7-10-25(30)11-8-22/h4-14,19-20,27,34H,16-18H2,1-3H3/t19-,20-,27+/m0/s1. The fraction of sp³-hybridized carbons (Fsp3) is 0.310. The molecule has 1 aliphatic heterocycles. The highest BCUT2D eigenvalue weighted by Crippen LogP contribution is 2.36. The number of hydrogen-bond donors (Lipinski definition) is 1. The third-order valence-corrected chi connectivity index (χ3v) is 8.90. The third-order valence-electron chi connectivity index (χ3n) is 6.88. The van der Waals surface area contributed by atoms with Crippen LogP contribution < -0.4 is 4.74 Å². The zero-order chi connectivity index (χ0) is 28.3. The molecule has 10 heteroatoms. The lowest BCUT2D eigenvalue weighted by molar-refractivity contribution is 0.0564. The lowest BCUT2D eigenvalue weighted by atomic mass is 10.0. The predicted octanol–water partition coefficient (Wildman–Crippen LogP) is 3.91. The molecular formula is C29H30FN3O5S. The molecule has 0 bridgehead atoms. The van der Waals surface area contributed by atoms with Gasteiger partial charge in [-0.2, -0.15) is 9.57 Å². The van der Waals surface area contributed by atoms with Gasteiger partial charge in [-0.15, -0.1) is 0 Å². The minimum atomic E-state index is -4.03. The first-order valence-corrected chi connectivity index (χ1v) is 13.9. The fourth-order valence-corrected chi connectivity index (χ4v) is 6.38. The van der Waals surface area contributed by atoms with E-state index in [0.29, 0.717) is 22.3 Å². The smallest absolute Gasteiger partial charge is 0.253 e. The molecule has 1 aliphatic rings. The summed E-state index contributed by atoms with van der Waals surface area (Å²) in [5, 5.41) is 19.1. The van der Waals surface area contributed by atoms with Gasteiger partial charge in [0, 0.05) is 31.1 Å². The molecule has 204 valence electrons. The molecular weight excluding hydrogens is 521 g/mol. The maximum atomic E-state index is 13.7. The summed E-state index contributed by atoms with van der Waals surface area (Å²) < 4.78 is 48.4. The number of rotatable bonds is 6. The molecule has 8 nitrogen and oxygen atoms in total. The Morgan fingerprint density at radius 2 is 1.87 bits per heavy atom. The molecule has 0 saturated carbocycles. The number of carbonyl (C=O) groups is 1. The molecule has 0 spiro atoms. The largest absolute Gasteiger partial charge is 0.487 e. The van der Waals surface area contributed by atoms with Crippen LogP contribution >= 0.6 is 0 Å². The number of sulfonamides is 1. The molecule has 3 aromatic carbocycles. The van der Waals surface area contributed by atoms with Gasteiger partial charge < -0.3 is 14.7 Å². The van der Waals surface area contributed by atoms with Gasteiger partial charge in [0.25, 0.3) is 5.91 Å². The second kappa shape index (κ2) is 11.5. The number of nitriles is 1. The number of carbonyl (C=O) groups excluding carboxylic acids is 1. The van der Waals surface area contributed by atoms with E-state index in [1.54, 1.807) is 44.3 Å². The highest BCUT2D eigenvalue weighted by Gasteiger charge is 2.38. The summed E-state index contributed by atoms with van der Waals surface area (Å²) in [6.07, 6.45) is -0.609. The quantitative estimate of drug-likeness (QED) is 0.498. The van der Waals surface area contributed by atoms with Crippen LogP contribution in [0.4, 0.5) is 4.39 Å². The Morgan fingerprint density at radius 3 is 2.54 bits per heavy atom. The zero-order valence-corrected chi connectivity index (χ0v) is 22.7. The van der Waals surface area contributed by atoms with Crippen molar-refractivity contribution in [1.82, 2.24) is 9.21 Å². The van der Waals surface area contributed by atoms with E-state index in [-0.39, 0.29) is 42.2 Å². The highest BCUT2D eigenvalue weighted by atomic mass is 32.2. The van der Waals surface area contributed by atoms with Crippen LogP contribution in [0.1, 0.15) is 29.8 Å². The summed E-state index contributed by atoms with van der Waals surface area (Å²) in [5.74, 6) is -1.03. The summed E-state index contributed by atoms with van der Waals surface area (Å²) in [4.78, 5) is 14.5. The Kier molecular flexibility index (Phi) is 8.35. The molecule has 0 aromatic heterocycles. The van der Waals surface area contributed by atoms with Gasteiger partial charge >= 0.3 is 0 Å². The Balaban J connectivity index is 1.75. The Bertz CT molecular complexity index is 1500. The maximum Gasteiger partial charge on any atom is 0.253 e. The van der Waals surface area contributed by atoms with Gasteiger partial charge in [0.2, 0.25) is 10.0 Å². The van der Waals surface area contributed by atoms with E-state index in [1.165, 1.54) is 39.5 Å². The molecule has 1 heterocycles. The van der Waals surface area contributed by atoms with Crippen molar-refractivity contribution in [2.75, 3.05) is 26.7 Å². The van der Waals surface area contributed by atoms with E-state index in [4.69, 9.17) is 4.74 Å². The summed E-state index contributed by atoms with van der Waals surface area (Å²) in [5.41, 5.74) is 2.15. The van der Waals surface area contributed by atoms with Crippen LogP contribution in [0, 0.1) is 23.1 Å². The number of hydrogen-bond acceptors (Lipinski definition) is 6. The topological polar surface area (TPSA) is 111 Å². The van der Waals surface area contributed by atoms with E-state index < -0.39 is 28.0 Å². The predicted molar refractivity (Wildman–Crippen MR) is 144 cm³/mol. The van der Waals surface area contributed by atoms with E-state index in [1.807, 2.05) is 13.0 Å². The van der Waals surface area contributed by atoms with Gasteiger partial charge in [0.05, 0.1) is 24.8 Å². The molecule has 0 aliphatic carbocycles. The van der Waals surface area contributed by atoms with Gasteiger partial charge in [0.1, 0.15) is 22.6 Å². The first-order valence-electron chi connectivity index (χ1n) is 12.5. The first-order chi connectivity index (χ1) is 18.5. The Morgan fingerprint density at radius 1 is 1.18 bits per heavy atom. The number of benzene rings is 3. The average molecular weight is 552 g/mol. The van der Waals surface area contributed by atoms with Crippen LogP contribution in [0.5, 0.6) is 5.75 Å². The van der Waals surface area contributed by atoms with Crippen LogP contribution in [0.25, 0.3) is 11.1 Å². The minimum Gasteiger partial charge on any atom is -0.487 e. The molecule has 4 rings (SSSR count). The number of nitrogens with zero attached hydrogens (tertiary/aromatic N) is 3. The summed E-state index contributed by atoms with van der Waals surface area (Å²) in [7, 11) is -2.43. The molecule has 0 fully saturated rings. The zero-order valence-electron chi connectivity index (χ0n) is 21.9. The number of ether oxygens (including phenoxy) is 1. The number of aliphatic hydroxyl groups is 1. The monoisotopic (exact) mass is 551 g/mol. The third kappa shape index (κ3) is 5.96. The highest BCUT2D eigenvalue weighted by molar-refractivity contribution is 7.89. The van der Waals surface area contributed by atoms with Crippen LogP contribution in [0.3, 0.4) is 0 Å². The van der Waals surface area contributed by atoms with Crippen molar-refractivity contribution >= 4 is 15.9 Å². The molecule has 0 unspecified atom stereocenters. The molecule has 3 atom stereocenters. The van der Waals surface area contributed by atoms with Crippen molar-refractivity contribution < 1.29 is 27.4 Å². The van der Waals surface area contributed by atoms with Crippen molar-refractivity contribution in [2.45, 2.75) is 30.9 Å². The van der Waals surface area contributed by atoms with Crippen molar-refractivity contribution in [3.8, 4) is 22.9 Å². The summed E-state index contributed by atoms with van der Waals surface area (Å²) >= 11 is 0. The van der Waals surface area contributed by atoms with E-state index in [2.05, 4.69) is 6.07 Å². The summed E-state index contributed by atoms with van der Waals surface area (Å²) in [6, 6.07) is 18.4. The van der Waals surface area contributed by atoms with Crippen molar-refractivity contribution in [3.05, 3.63) is 83.7 Å². The Hall–Kier alpha value is -3.78.